The number of anilines is 1. The molecule has 3 aliphatic rings. The van der Waals surface area contributed by atoms with Crippen molar-refractivity contribution < 1.29 is 18.7 Å². The maximum Gasteiger partial charge on any atom is 0.253 e. The van der Waals surface area contributed by atoms with Crippen LogP contribution in [0.25, 0.3) is 0 Å². The third-order valence-corrected chi connectivity index (χ3v) is 7.18. The minimum absolute atomic E-state index is 0.00117. The van der Waals surface area contributed by atoms with E-state index in [0.29, 0.717) is 44.5 Å². The molecular weight excluding hydrogens is 395 g/mol. The van der Waals surface area contributed by atoms with Crippen molar-refractivity contribution in [2.24, 2.45) is 0 Å². The molecule has 2 aromatic rings. The van der Waals surface area contributed by atoms with E-state index in [4.69, 9.17) is 4.74 Å². The number of likely N-dealkylation sites (tertiary alicyclic amines) is 1. The average molecular weight is 423 g/mol. The monoisotopic (exact) mass is 422 g/mol. The van der Waals surface area contributed by atoms with Gasteiger partial charge in [0.05, 0.1) is 18.5 Å². The summed E-state index contributed by atoms with van der Waals surface area (Å²) in [5.74, 6) is -0.375. The fraction of sp³-hybridized carbons (Fsp3) is 0.440. The number of hydrogen-bond donors (Lipinski definition) is 0. The van der Waals surface area contributed by atoms with Crippen LogP contribution in [-0.2, 0) is 19.7 Å². The molecule has 5 rings (SSSR count). The number of nitrogens with zero attached hydrogens (tertiary/aromatic N) is 2. The zero-order valence-corrected chi connectivity index (χ0v) is 17.6. The van der Waals surface area contributed by atoms with Crippen LogP contribution in [0.2, 0.25) is 0 Å². The lowest BCUT2D eigenvalue weighted by molar-refractivity contribution is -0.142. The third kappa shape index (κ3) is 3.43. The lowest BCUT2D eigenvalue weighted by atomic mass is 9.77. The summed E-state index contributed by atoms with van der Waals surface area (Å²) in [6.07, 6.45) is 3.86. The van der Waals surface area contributed by atoms with Crippen LogP contribution in [0.1, 0.15) is 37.7 Å². The lowest BCUT2D eigenvalue weighted by Gasteiger charge is -2.40. The standard InChI is InChI=1S/C25H27FN2O3/c26-21-11-5-4-10-20(21)25(12-6-7-13-25)23(30)27-15-14-24(17-27)18-28(22(29)16-31-24)19-8-2-1-3-9-19/h1-5,8-11H,6-7,12-18H2/t24-/m1/s1. The Balaban J connectivity index is 1.39. The Bertz CT molecular complexity index is 989. The molecule has 0 bridgehead atoms. The van der Waals surface area contributed by atoms with E-state index in [1.165, 1.54) is 6.07 Å². The summed E-state index contributed by atoms with van der Waals surface area (Å²) < 4.78 is 20.8. The average Bonchev–Trinajstić information content (AvgIpc) is 3.45. The van der Waals surface area contributed by atoms with Gasteiger partial charge in [-0.25, -0.2) is 4.39 Å². The van der Waals surface area contributed by atoms with Gasteiger partial charge in [0.2, 0.25) is 5.91 Å². The van der Waals surface area contributed by atoms with Gasteiger partial charge in [-0.1, -0.05) is 49.2 Å². The minimum Gasteiger partial charge on any atom is -0.361 e. The predicted molar refractivity (Wildman–Crippen MR) is 115 cm³/mol. The van der Waals surface area contributed by atoms with E-state index in [1.54, 1.807) is 17.0 Å². The number of morpholine rings is 1. The zero-order chi connectivity index (χ0) is 21.5. The first-order chi connectivity index (χ1) is 15.0. The van der Waals surface area contributed by atoms with Crippen LogP contribution in [0, 0.1) is 5.82 Å². The number of carbonyl (C=O) groups excluding carboxylic acids is 2. The molecule has 162 valence electrons. The molecule has 1 aliphatic carbocycles. The summed E-state index contributed by atoms with van der Waals surface area (Å²) in [4.78, 5) is 29.9. The Hall–Kier alpha value is -2.73. The quantitative estimate of drug-likeness (QED) is 0.758. The van der Waals surface area contributed by atoms with Crippen molar-refractivity contribution in [3.8, 4) is 0 Å². The lowest BCUT2D eigenvalue weighted by Crippen LogP contribution is -2.57. The topological polar surface area (TPSA) is 49.9 Å². The van der Waals surface area contributed by atoms with Crippen molar-refractivity contribution in [2.45, 2.75) is 43.1 Å². The molecule has 1 atom stereocenters. The largest absolute Gasteiger partial charge is 0.361 e. The highest BCUT2D eigenvalue weighted by molar-refractivity contribution is 5.95. The van der Waals surface area contributed by atoms with Gasteiger partial charge < -0.3 is 14.5 Å². The molecule has 2 saturated heterocycles. The van der Waals surface area contributed by atoms with Crippen molar-refractivity contribution in [2.75, 3.05) is 31.1 Å². The maximum atomic E-state index is 14.7. The summed E-state index contributed by atoms with van der Waals surface area (Å²) >= 11 is 0. The molecule has 1 spiro atoms. The van der Waals surface area contributed by atoms with Crippen LogP contribution in [0.4, 0.5) is 10.1 Å². The summed E-state index contributed by atoms with van der Waals surface area (Å²) in [7, 11) is 0. The molecular formula is C25H27FN2O3. The van der Waals surface area contributed by atoms with Crippen molar-refractivity contribution in [3.63, 3.8) is 0 Å². The summed E-state index contributed by atoms with van der Waals surface area (Å²) in [5.41, 5.74) is -0.00257. The predicted octanol–water partition coefficient (Wildman–Crippen LogP) is 3.67. The first kappa shape index (κ1) is 20.2. The Morgan fingerprint density at radius 1 is 0.935 bits per heavy atom. The van der Waals surface area contributed by atoms with E-state index in [9.17, 15) is 14.0 Å². The highest BCUT2D eigenvalue weighted by Gasteiger charge is 2.52. The van der Waals surface area contributed by atoms with Gasteiger partial charge >= 0.3 is 0 Å². The van der Waals surface area contributed by atoms with Gasteiger partial charge in [-0.3, -0.25) is 9.59 Å². The number of ether oxygens (including phenoxy) is 1. The van der Waals surface area contributed by atoms with Crippen LogP contribution >= 0.6 is 0 Å². The number of benzene rings is 2. The van der Waals surface area contributed by atoms with Crippen LogP contribution in [0.15, 0.2) is 54.6 Å². The molecule has 0 aromatic heterocycles. The Kier molecular flexibility index (Phi) is 5.05. The maximum absolute atomic E-state index is 14.7. The first-order valence-electron chi connectivity index (χ1n) is 11.1. The molecule has 3 fully saturated rings. The van der Waals surface area contributed by atoms with Crippen LogP contribution in [0.5, 0.6) is 0 Å². The molecule has 0 unspecified atom stereocenters. The minimum atomic E-state index is -0.791. The van der Waals surface area contributed by atoms with E-state index in [-0.39, 0.29) is 24.2 Å². The number of rotatable bonds is 3. The second-order valence-corrected chi connectivity index (χ2v) is 9.03. The van der Waals surface area contributed by atoms with E-state index >= 15 is 0 Å². The number of halogens is 1. The fourth-order valence-electron chi connectivity index (χ4n) is 5.55. The van der Waals surface area contributed by atoms with E-state index < -0.39 is 11.0 Å². The van der Waals surface area contributed by atoms with Gasteiger partial charge in [-0.05, 0) is 37.5 Å². The number of hydrogen-bond acceptors (Lipinski definition) is 3. The summed E-state index contributed by atoms with van der Waals surface area (Å²) in [5, 5.41) is 0. The molecule has 31 heavy (non-hydrogen) atoms. The van der Waals surface area contributed by atoms with Gasteiger partial charge in [-0.15, -0.1) is 0 Å². The zero-order valence-electron chi connectivity index (χ0n) is 17.6. The molecule has 2 amide bonds. The van der Waals surface area contributed by atoms with E-state index in [0.717, 1.165) is 18.5 Å². The Morgan fingerprint density at radius 3 is 2.39 bits per heavy atom. The van der Waals surface area contributed by atoms with Crippen molar-refractivity contribution in [3.05, 3.63) is 66.0 Å². The summed E-state index contributed by atoms with van der Waals surface area (Å²) in [6, 6.07) is 16.3. The summed E-state index contributed by atoms with van der Waals surface area (Å²) in [6.45, 7) is 1.42. The van der Waals surface area contributed by atoms with Crippen LogP contribution in [0.3, 0.4) is 0 Å². The fourth-order valence-corrected chi connectivity index (χ4v) is 5.55. The Morgan fingerprint density at radius 2 is 1.65 bits per heavy atom. The molecule has 6 heteroatoms. The number of para-hydroxylation sites is 1. The van der Waals surface area contributed by atoms with Gasteiger partial charge in [0.15, 0.2) is 0 Å². The van der Waals surface area contributed by atoms with Crippen molar-refractivity contribution in [1.29, 1.82) is 0 Å². The molecule has 0 radical (unpaired) electrons. The van der Waals surface area contributed by atoms with Crippen LogP contribution in [-0.4, -0.2) is 48.6 Å². The SMILES string of the molecule is O=C1CO[C@@]2(CCN(C(=O)C3(c4ccccc4F)CCCC3)C2)CN1c1ccccc1. The van der Waals surface area contributed by atoms with Gasteiger partial charge in [0.1, 0.15) is 18.0 Å². The smallest absolute Gasteiger partial charge is 0.253 e. The second-order valence-electron chi connectivity index (χ2n) is 9.03. The Labute approximate surface area is 181 Å². The van der Waals surface area contributed by atoms with Crippen molar-refractivity contribution in [1.82, 2.24) is 4.90 Å². The molecule has 2 aromatic carbocycles. The van der Waals surface area contributed by atoms with E-state index in [1.807, 2.05) is 41.3 Å². The first-order valence-corrected chi connectivity index (χ1v) is 11.1. The normalized spacial score (nSPS) is 25.4. The molecule has 0 N–H and O–H groups in total. The second kappa shape index (κ2) is 7.75. The third-order valence-electron chi connectivity index (χ3n) is 7.18. The van der Waals surface area contributed by atoms with Crippen LogP contribution < -0.4 is 4.90 Å². The van der Waals surface area contributed by atoms with Gasteiger partial charge in [0, 0.05) is 17.8 Å². The van der Waals surface area contributed by atoms with Gasteiger partial charge in [-0.2, -0.15) is 0 Å². The molecule has 5 nitrogen and oxygen atoms in total. The number of amides is 2. The van der Waals surface area contributed by atoms with E-state index in [2.05, 4.69) is 0 Å². The number of carbonyl (C=O) groups is 2. The molecule has 1 saturated carbocycles. The van der Waals surface area contributed by atoms with Gasteiger partial charge in [0.25, 0.3) is 5.91 Å². The molecule has 2 heterocycles. The van der Waals surface area contributed by atoms with Crippen molar-refractivity contribution >= 4 is 17.5 Å². The highest BCUT2D eigenvalue weighted by atomic mass is 19.1. The molecule has 2 aliphatic heterocycles. The highest BCUT2D eigenvalue weighted by Crippen LogP contribution is 2.45.